The Bertz CT molecular complexity index is 402. The quantitative estimate of drug-likeness (QED) is 0.819. The van der Waals surface area contributed by atoms with Crippen LogP contribution in [-0.2, 0) is 0 Å². The molecule has 2 heteroatoms. The van der Waals surface area contributed by atoms with Gasteiger partial charge in [0.1, 0.15) is 5.76 Å². The molecule has 0 bridgehead atoms. The molecule has 2 rings (SSSR count). The van der Waals surface area contributed by atoms with Crippen molar-refractivity contribution >= 4 is 0 Å². The second-order valence-corrected chi connectivity index (χ2v) is 8.31. The van der Waals surface area contributed by atoms with Crippen LogP contribution in [0.1, 0.15) is 65.6 Å². The molecule has 1 fully saturated rings. The fourth-order valence-corrected chi connectivity index (χ4v) is 3.67. The topological polar surface area (TPSA) is 25.2 Å². The van der Waals surface area contributed by atoms with Crippen molar-refractivity contribution in [2.24, 2.45) is 23.2 Å². The zero-order chi connectivity index (χ0) is 15.5. The highest BCUT2D eigenvalue weighted by molar-refractivity contribution is 5.09. The number of furan rings is 1. The first kappa shape index (κ1) is 16.6. The van der Waals surface area contributed by atoms with E-state index in [1.807, 2.05) is 12.3 Å². The van der Waals surface area contributed by atoms with E-state index in [1.54, 1.807) is 0 Å². The Balaban J connectivity index is 2.03. The van der Waals surface area contributed by atoms with E-state index in [0.717, 1.165) is 24.9 Å². The molecule has 0 aliphatic heterocycles. The summed E-state index contributed by atoms with van der Waals surface area (Å²) >= 11 is 0. The third kappa shape index (κ3) is 4.60. The molecule has 0 saturated heterocycles. The molecule has 2 nitrogen and oxygen atoms in total. The highest BCUT2D eigenvalue weighted by atomic mass is 16.3. The lowest BCUT2D eigenvalue weighted by molar-refractivity contribution is 0.120. The van der Waals surface area contributed by atoms with Crippen LogP contribution in [0.2, 0.25) is 0 Å². The second-order valence-electron chi connectivity index (χ2n) is 8.31. The molecule has 0 radical (unpaired) electrons. The Kier molecular flexibility index (Phi) is 5.54. The molecule has 1 saturated carbocycles. The number of nitrogens with one attached hydrogen (secondary N) is 1. The molecule has 1 heterocycles. The van der Waals surface area contributed by atoms with Crippen LogP contribution in [0.5, 0.6) is 0 Å². The predicted octanol–water partition coefficient (Wildman–Crippen LogP) is 5.07. The summed E-state index contributed by atoms with van der Waals surface area (Å²) in [5.74, 6) is 4.01. The fourth-order valence-electron chi connectivity index (χ4n) is 3.67. The molecule has 120 valence electrons. The van der Waals surface area contributed by atoms with Crippen molar-refractivity contribution in [3.8, 4) is 0 Å². The van der Waals surface area contributed by atoms with Gasteiger partial charge in [0.25, 0.3) is 0 Å². The van der Waals surface area contributed by atoms with E-state index >= 15 is 0 Å². The molecule has 0 spiro atoms. The maximum atomic E-state index is 5.76. The van der Waals surface area contributed by atoms with Gasteiger partial charge >= 0.3 is 0 Å². The van der Waals surface area contributed by atoms with Gasteiger partial charge in [0.15, 0.2) is 0 Å². The van der Waals surface area contributed by atoms with Crippen molar-refractivity contribution in [3.05, 3.63) is 24.2 Å². The Hall–Kier alpha value is -0.760. The van der Waals surface area contributed by atoms with E-state index in [-0.39, 0.29) is 0 Å². The molecule has 1 aliphatic carbocycles. The lowest BCUT2D eigenvalue weighted by atomic mass is 9.65. The van der Waals surface area contributed by atoms with Crippen LogP contribution in [0.25, 0.3) is 0 Å². The highest BCUT2D eigenvalue weighted by Gasteiger charge is 2.37. The van der Waals surface area contributed by atoms with E-state index in [4.69, 9.17) is 4.42 Å². The van der Waals surface area contributed by atoms with Crippen molar-refractivity contribution in [1.82, 2.24) is 5.32 Å². The smallest absolute Gasteiger partial charge is 0.107 e. The molecule has 1 aromatic rings. The van der Waals surface area contributed by atoms with Gasteiger partial charge in [0.05, 0.1) is 6.26 Å². The van der Waals surface area contributed by atoms with Gasteiger partial charge in [-0.1, -0.05) is 34.6 Å². The summed E-state index contributed by atoms with van der Waals surface area (Å²) in [5, 5.41) is 3.66. The van der Waals surface area contributed by atoms with Gasteiger partial charge in [-0.2, -0.15) is 0 Å². The van der Waals surface area contributed by atoms with E-state index in [9.17, 15) is 0 Å². The summed E-state index contributed by atoms with van der Waals surface area (Å²) < 4.78 is 5.76. The largest absolute Gasteiger partial charge is 0.469 e. The zero-order valence-corrected chi connectivity index (χ0v) is 14.5. The first-order valence-electron chi connectivity index (χ1n) is 8.62. The van der Waals surface area contributed by atoms with Crippen molar-refractivity contribution in [2.75, 3.05) is 13.1 Å². The van der Waals surface area contributed by atoms with E-state index in [2.05, 4.69) is 46.0 Å². The summed E-state index contributed by atoms with van der Waals surface area (Å²) in [4.78, 5) is 0. The molecule has 3 atom stereocenters. The van der Waals surface area contributed by atoms with Crippen molar-refractivity contribution in [3.63, 3.8) is 0 Å². The average Bonchev–Trinajstić information content (AvgIpc) is 2.91. The van der Waals surface area contributed by atoms with Crippen molar-refractivity contribution in [1.29, 1.82) is 0 Å². The molecular weight excluding hydrogens is 258 g/mol. The van der Waals surface area contributed by atoms with Crippen LogP contribution in [-0.4, -0.2) is 13.1 Å². The van der Waals surface area contributed by atoms with Gasteiger partial charge in [-0.05, 0) is 67.7 Å². The minimum absolute atomic E-state index is 0.404. The van der Waals surface area contributed by atoms with Gasteiger partial charge < -0.3 is 9.73 Å². The van der Waals surface area contributed by atoms with Crippen LogP contribution >= 0.6 is 0 Å². The minimum Gasteiger partial charge on any atom is -0.469 e. The van der Waals surface area contributed by atoms with Crippen molar-refractivity contribution < 1.29 is 4.42 Å². The van der Waals surface area contributed by atoms with Crippen LogP contribution < -0.4 is 5.32 Å². The molecule has 21 heavy (non-hydrogen) atoms. The van der Waals surface area contributed by atoms with Crippen LogP contribution in [0.4, 0.5) is 0 Å². The maximum absolute atomic E-state index is 5.76. The average molecular weight is 291 g/mol. The zero-order valence-electron chi connectivity index (χ0n) is 14.5. The number of hydrogen-bond acceptors (Lipinski definition) is 2. The first-order chi connectivity index (χ1) is 9.88. The third-order valence-electron chi connectivity index (χ3n) is 5.09. The lowest BCUT2D eigenvalue weighted by Gasteiger charge is -2.41. The highest BCUT2D eigenvalue weighted by Crippen LogP contribution is 2.46. The maximum Gasteiger partial charge on any atom is 0.107 e. The monoisotopic (exact) mass is 291 g/mol. The Morgan fingerprint density at radius 2 is 2.05 bits per heavy atom. The molecule has 0 aromatic carbocycles. The second kappa shape index (κ2) is 7.00. The molecule has 1 N–H and O–H groups in total. The van der Waals surface area contributed by atoms with Gasteiger partial charge in [0, 0.05) is 5.92 Å². The number of rotatable bonds is 5. The fraction of sp³-hybridized carbons (Fsp3) is 0.789. The Morgan fingerprint density at radius 3 is 2.62 bits per heavy atom. The summed E-state index contributed by atoms with van der Waals surface area (Å²) in [6.45, 7) is 13.9. The van der Waals surface area contributed by atoms with Gasteiger partial charge in [-0.15, -0.1) is 0 Å². The van der Waals surface area contributed by atoms with Gasteiger partial charge in [-0.3, -0.25) is 0 Å². The summed E-state index contributed by atoms with van der Waals surface area (Å²) in [6.07, 6.45) is 5.77. The molecule has 0 amide bonds. The van der Waals surface area contributed by atoms with Crippen LogP contribution in [0.15, 0.2) is 22.8 Å². The normalized spacial score (nSPS) is 27.2. The van der Waals surface area contributed by atoms with Crippen molar-refractivity contribution in [2.45, 2.75) is 59.8 Å². The van der Waals surface area contributed by atoms with Crippen LogP contribution in [0.3, 0.4) is 0 Å². The standard InChI is InChI=1S/C19H33NO/c1-14(2)12-20-13-15-8-9-16(19(3,4)5)11-17(15)18-7-6-10-21-18/h6-7,10,14-17,20H,8-9,11-13H2,1-5H3. The lowest BCUT2D eigenvalue weighted by Crippen LogP contribution is -2.36. The first-order valence-corrected chi connectivity index (χ1v) is 8.62. The summed E-state index contributed by atoms with van der Waals surface area (Å²) in [7, 11) is 0. The molecule has 1 aromatic heterocycles. The van der Waals surface area contributed by atoms with Gasteiger partial charge in [0.2, 0.25) is 0 Å². The summed E-state index contributed by atoms with van der Waals surface area (Å²) in [6, 6.07) is 4.21. The molecule has 3 unspecified atom stereocenters. The SMILES string of the molecule is CC(C)CNCC1CCC(C(C)(C)C)CC1c1ccco1. The minimum atomic E-state index is 0.404. The van der Waals surface area contributed by atoms with E-state index in [0.29, 0.717) is 17.3 Å². The molecule has 1 aliphatic rings. The van der Waals surface area contributed by atoms with Crippen LogP contribution in [0, 0.1) is 23.2 Å². The van der Waals surface area contributed by atoms with E-state index < -0.39 is 0 Å². The Labute approximate surface area is 130 Å². The molecular formula is C19H33NO. The van der Waals surface area contributed by atoms with Gasteiger partial charge in [-0.25, -0.2) is 0 Å². The third-order valence-corrected chi connectivity index (χ3v) is 5.09. The predicted molar refractivity (Wildman–Crippen MR) is 89.4 cm³/mol. The number of hydrogen-bond donors (Lipinski definition) is 1. The Morgan fingerprint density at radius 1 is 1.29 bits per heavy atom. The summed E-state index contributed by atoms with van der Waals surface area (Å²) in [5.41, 5.74) is 0.404. The van der Waals surface area contributed by atoms with E-state index in [1.165, 1.54) is 25.0 Å².